The number of fused-ring (bicyclic) bond motifs is 1. The van der Waals surface area contributed by atoms with Crippen LogP contribution in [0.25, 0.3) is 0 Å². The number of hydrogen-bond donors (Lipinski definition) is 2. The zero-order chi connectivity index (χ0) is 15.9. The average molecular weight is 446 g/mol. The van der Waals surface area contributed by atoms with E-state index in [9.17, 15) is 0 Å². The molecule has 0 spiro atoms. The molecule has 1 aliphatic heterocycles. The van der Waals surface area contributed by atoms with Crippen molar-refractivity contribution in [3.05, 3.63) is 11.6 Å². The number of guanidine groups is 1. The van der Waals surface area contributed by atoms with Crippen LogP contribution in [-0.2, 0) is 19.4 Å². The third-order valence-electron chi connectivity index (χ3n) is 5.00. The lowest BCUT2D eigenvalue weighted by molar-refractivity contribution is 0.410. The summed E-state index contributed by atoms with van der Waals surface area (Å²) in [5, 5.41) is 15.7. The molecule has 24 heavy (non-hydrogen) atoms. The van der Waals surface area contributed by atoms with Crippen LogP contribution < -0.4 is 10.6 Å². The fraction of sp³-hybridized carbons (Fsp3) is 0.824. The summed E-state index contributed by atoms with van der Waals surface area (Å²) < 4.78 is 2.33. The van der Waals surface area contributed by atoms with Gasteiger partial charge in [-0.1, -0.05) is 25.7 Å². The van der Waals surface area contributed by atoms with Crippen LogP contribution >= 0.6 is 24.0 Å². The minimum atomic E-state index is 0. The monoisotopic (exact) mass is 446 g/mol. The van der Waals surface area contributed by atoms with E-state index in [2.05, 4.69) is 30.4 Å². The highest BCUT2D eigenvalue weighted by atomic mass is 127. The highest BCUT2D eigenvalue weighted by Gasteiger charge is 2.16. The first-order valence-corrected chi connectivity index (χ1v) is 9.25. The maximum Gasteiger partial charge on any atom is 0.191 e. The van der Waals surface area contributed by atoms with Crippen LogP contribution in [0.2, 0.25) is 0 Å². The topological polar surface area (TPSA) is 67.1 Å². The number of aliphatic imine (C=N–C) groups is 1. The molecule has 1 fully saturated rings. The smallest absolute Gasteiger partial charge is 0.191 e. The molecule has 1 aromatic rings. The molecule has 0 saturated heterocycles. The lowest BCUT2D eigenvalue weighted by Gasteiger charge is -2.24. The van der Waals surface area contributed by atoms with E-state index in [1.807, 2.05) is 7.05 Å². The van der Waals surface area contributed by atoms with Crippen LogP contribution in [0.1, 0.15) is 63.0 Å². The van der Waals surface area contributed by atoms with E-state index < -0.39 is 0 Å². The molecule has 7 heteroatoms. The fourth-order valence-corrected chi connectivity index (χ4v) is 3.66. The van der Waals surface area contributed by atoms with Crippen LogP contribution in [0.3, 0.4) is 0 Å². The Bertz CT molecular complexity index is 521. The second kappa shape index (κ2) is 10.2. The highest BCUT2D eigenvalue weighted by Crippen LogP contribution is 2.17. The highest BCUT2D eigenvalue weighted by molar-refractivity contribution is 14.0. The van der Waals surface area contributed by atoms with E-state index in [1.165, 1.54) is 57.2 Å². The minimum absolute atomic E-state index is 0. The van der Waals surface area contributed by atoms with Crippen LogP contribution in [0.4, 0.5) is 0 Å². The summed E-state index contributed by atoms with van der Waals surface area (Å²) in [6.07, 6.45) is 12.3. The fourth-order valence-electron chi connectivity index (χ4n) is 3.66. The summed E-state index contributed by atoms with van der Waals surface area (Å²) in [7, 11) is 1.85. The first kappa shape index (κ1) is 19.5. The second-order valence-electron chi connectivity index (χ2n) is 6.72. The van der Waals surface area contributed by atoms with E-state index in [0.717, 1.165) is 37.7 Å². The van der Waals surface area contributed by atoms with Crippen molar-refractivity contribution in [3.8, 4) is 0 Å². The Morgan fingerprint density at radius 1 is 1.12 bits per heavy atom. The van der Waals surface area contributed by atoms with Crippen LogP contribution in [0, 0.1) is 0 Å². The van der Waals surface area contributed by atoms with Crippen molar-refractivity contribution in [1.82, 2.24) is 25.4 Å². The number of halogens is 1. The number of nitrogens with zero attached hydrogens (tertiary/aromatic N) is 4. The van der Waals surface area contributed by atoms with E-state index in [0.29, 0.717) is 6.04 Å². The lowest BCUT2D eigenvalue weighted by atomic mass is 9.96. The molecule has 0 bridgehead atoms. The normalized spacial score (nSPS) is 19.1. The van der Waals surface area contributed by atoms with Crippen LogP contribution in [0.5, 0.6) is 0 Å². The predicted octanol–water partition coefficient (Wildman–Crippen LogP) is 2.66. The quantitative estimate of drug-likeness (QED) is 0.424. The summed E-state index contributed by atoms with van der Waals surface area (Å²) in [6, 6.07) is 0.583. The molecule has 2 aliphatic rings. The second-order valence-corrected chi connectivity index (χ2v) is 6.72. The van der Waals surface area contributed by atoms with Gasteiger partial charge in [0.05, 0.1) is 0 Å². The van der Waals surface area contributed by atoms with Gasteiger partial charge in [-0.25, -0.2) is 0 Å². The van der Waals surface area contributed by atoms with Crippen molar-refractivity contribution < 1.29 is 0 Å². The van der Waals surface area contributed by atoms with Crippen molar-refractivity contribution >= 4 is 29.9 Å². The van der Waals surface area contributed by atoms with Crippen LogP contribution in [0.15, 0.2) is 4.99 Å². The van der Waals surface area contributed by atoms with Gasteiger partial charge in [-0.3, -0.25) is 4.99 Å². The number of aromatic nitrogens is 3. The predicted molar refractivity (Wildman–Crippen MR) is 108 cm³/mol. The SMILES string of the molecule is CN=C(NCCc1nnc2n1CCCCC2)NC1CCCCC1.I. The van der Waals surface area contributed by atoms with Gasteiger partial charge in [0.15, 0.2) is 5.96 Å². The molecule has 0 amide bonds. The first-order chi connectivity index (χ1) is 11.4. The first-order valence-electron chi connectivity index (χ1n) is 9.25. The van der Waals surface area contributed by atoms with Crippen molar-refractivity contribution in [2.24, 2.45) is 4.99 Å². The molecule has 2 N–H and O–H groups in total. The third kappa shape index (κ3) is 5.32. The Kier molecular flexibility index (Phi) is 8.28. The van der Waals surface area contributed by atoms with Gasteiger partial charge in [0.1, 0.15) is 11.6 Å². The summed E-state index contributed by atoms with van der Waals surface area (Å²) in [4.78, 5) is 4.36. The van der Waals surface area contributed by atoms with Crippen molar-refractivity contribution in [1.29, 1.82) is 0 Å². The molecule has 0 unspecified atom stereocenters. The van der Waals surface area contributed by atoms with Gasteiger partial charge in [0.25, 0.3) is 0 Å². The summed E-state index contributed by atoms with van der Waals surface area (Å²) in [5.74, 6) is 3.21. The molecule has 2 heterocycles. The molecule has 1 saturated carbocycles. The molecule has 1 aliphatic carbocycles. The van der Waals surface area contributed by atoms with Crippen LogP contribution in [-0.4, -0.2) is 40.4 Å². The van der Waals surface area contributed by atoms with E-state index in [-0.39, 0.29) is 24.0 Å². The Morgan fingerprint density at radius 2 is 1.92 bits per heavy atom. The molecule has 136 valence electrons. The molecular formula is C17H31IN6. The van der Waals surface area contributed by atoms with E-state index in [4.69, 9.17) is 0 Å². The zero-order valence-corrected chi connectivity index (χ0v) is 17.1. The molecule has 3 rings (SSSR count). The summed E-state index contributed by atoms with van der Waals surface area (Å²) in [6.45, 7) is 1.93. The third-order valence-corrected chi connectivity index (χ3v) is 5.00. The standard InChI is InChI=1S/C17H30N6.HI/c1-18-17(20-14-8-4-2-5-9-14)19-12-11-16-22-21-15-10-6-3-7-13-23(15)16;/h14H,2-13H2,1H3,(H2,18,19,20);1H. The molecule has 1 aromatic heterocycles. The Morgan fingerprint density at radius 3 is 2.71 bits per heavy atom. The minimum Gasteiger partial charge on any atom is -0.356 e. The molecule has 0 radical (unpaired) electrons. The van der Waals surface area contributed by atoms with Gasteiger partial charge in [0, 0.05) is 39.0 Å². The molecule has 0 aromatic carbocycles. The van der Waals surface area contributed by atoms with Gasteiger partial charge in [-0.2, -0.15) is 0 Å². The zero-order valence-electron chi connectivity index (χ0n) is 14.8. The van der Waals surface area contributed by atoms with Gasteiger partial charge in [0.2, 0.25) is 0 Å². The van der Waals surface area contributed by atoms with Gasteiger partial charge in [-0.15, -0.1) is 34.2 Å². The Balaban J connectivity index is 0.00000208. The Labute approximate surface area is 162 Å². The maximum absolute atomic E-state index is 4.39. The molecule has 6 nitrogen and oxygen atoms in total. The van der Waals surface area contributed by atoms with Gasteiger partial charge < -0.3 is 15.2 Å². The van der Waals surface area contributed by atoms with Crippen molar-refractivity contribution in [2.45, 2.75) is 76.8 Å². The summed E-state index contributed by atoms with van der Waals surface area (Å²) in [5.41, 5.74) is 0. The van der Waals surface area contributed by atoms with Gasteiger partial charge >= 0.3 is 0 Å². The largest absolute Gasteiger partial charge is 0.356 e. The number of hydrogen-bond acceptors (Lipinski definition) is 3. The Hall–Kier alpha value is -0.860. The number of nitrogens with one attached hydrogen (secondary N) is 2. The number of aryl methyl sites for hydroxylation is 1. The number of rotatable bonds is 4. The van der Waals surface area contributed by atoms with Crippen molar-refractivity contribution in [2.75, 3.05) is 13.6 Å². The van der Waals surface area contributed by atoms with E-state index >= 15 is 0 Å². The lowest BCUT2D eigenvalue weighted by Crippen LogP contribution is -2.44. The average Bonchev–Trinajstić information content (AvgIpc) is 2.81. The van der Waals surface area contributed by atoms with Crippen molar-refractivity contribution in [3.63, 3.8) is 0 Å². The molecular weight excluding hydrogens is 415 g/mol. The van der Waals surface area contributed by atoms with E-state index in [1.54, 1.807) is 0 Å². The maximum atomic E-state index is 4.39. The van der Waals surface area contributed by atoms with Gasteiger partial charge in [-0.05, 0) is 25.7 Å². The summed E-state index contributed by atoms with van der Waals surface area (Å²) >= 11 is 0. The molecule has 0 atom stereocenters.